The zero-order valence-electron chi connectivity index (χ0n) is 17.0. The molecule has 0 bridgehead atoms. The highest BCUT2D eigenvalue weighted by Crippen LogP contribution is 2.40. The van der Waals surface area contributed by atoms with Crippen LogP contribution in [0.15, 0.2) is 54.6 Å². The maximum atomic E-state index is 13.8. The number of methoxy groups -OCH3 is 1. The first-order chi connectivity index (χ1) is 13.9. The van der Waals surface area contributed by atoms with Gasteiger partial charge in [0.2, 0.25) is 0 Å². The maximum absolute atomic E-state index is 13.8. The molecular formula is C22H23F3N2O3. The summed E-state index contributed by atoms with van der Waals surface area (Å²) in [4.78, 5) is 12.9. The smallest absolute Gasteiger partial charge is 0.442 e. The SMILES string of the molecule is COc1cccc(C2=C[C@@](O)(C(F)(F)F)N(C(=O)c3ccc(C(C)(C)C)cc3)N2)c1. The molecule has 0 unspecified atom stereocenters. The van der Waals surface area contributed by atoms with Gasteiger partial charge in [-0.2, -0.15) is 13.2 Å². The number of hydrogen-bond donors (Lipinski definition) is 2. The molecule has 0 fully saturated rings. The third-order valence-electron chi connectivity index (χ3n) is 4.92. The lowest BCUT2D eigenvalue weighted by Crippen LogP contribution is -2.60. The van der Waals surface area contributed by atoms with Crippen LogP contribution < -0.4 is 10.2 Å². The van der Waals surface area contributed by atoms with E-state index in [1.54, 1.807) is 30.3 Å². The Morgan fingerprint density at radius 3 is 2.27 bits per heavy atom. The first kappa shape index (κ1) is 21.7. The Kier molecular flexibility index (Phi) is 5.32. The van der Waals surface area contributed by atoms with E-state index in [1.165, 1.54) is 25.3 Å². The van der Waals surface area contributed by atoms with E-state index in [4.69, 9.17) is 4.74 Å². The molecule has 30 heavy (non-hydrogen) atoms. The Morgan fingerprint density at radius 2 is 1.73 bits per heavy atom. The van der Waals surface area contributed by atoms with E-state index >= 15 is 0 Å². The molecule has 0 aliphatic carbocycles. The summed E-state index contributed by atoms with van der Waals surface area (Å²) < 4.78 is 46.4. The summed E-state index contributed by atoms with van der Waals surface area (Å²) in [7, 11) is 1.43. The molecule has 1 heterocycles. The molecule has 1 aliphatic rings. The molecule has 0 saturated carbocycles. The maximum Gasteiger partial charge on any atom is 0.442 e. The molecule has 0 spiro atoms. The Balaban J connectivity index is 1.98. The van der Waals surface area contributed by atoms with Crippen LogP contribution >= 0.6 is 0 Å². The average molecular weight is 420 g/mol. The van der Waals surface area contributed by atoms with Crippen molar-refractivity contribution in [2.75, 3.05) is 7.11 Å². The Hall–Kier alpha value is -3.00. The van der Waals surface area contributed by atoms with Crippen LogP contribution in [0.2, 0.25) is 0 Å². The number of hydrazine groups is 1. The summed E-state index contributed by atoms with van der Waals surface area (Å²) in [6.45, 7) is 5.95. The number of alkyl halides is 3. The predicted octanol–water partition coefficient (Wildman–Crippen LogP) is 4.25. The minimum absolute atomic E-state index is 0.0125. The van der Waals surface area contributed by atoms with E-state index in [2.05, 4.69) is 5.43 Å². The number of nitrogens with zero attached hydrogens (tertiary/aromatic N) is 1. The first-order valence-corrected chi connectivity index (χ1v) is 9.25. The van der Waals surface area contributed by atoms with Crippen LogP contribution in [0.3, 0.4) is 0 Å². The van der Waals surface area contributed by atoms with Crippen molar-refractivity contribution in [1.29, 1.82) is 0 Å². The van der Waals surface area contributed by atoms with Crippen LogP contribution in [0.5, 0.6) is 5.75 Å². The normalized spacial score (nSPS) is 19.3. The number of nitrogens with one attached hydrogen (secondary N) is 1. The standard InChI is InChI=1S/C22H23F3N2O3/c1-20(2,3)16-10-8-14(9-11-16)19(28)27-21(29,22(23,24)25)13-18(26-27)15-6-5-7-17(12-15)30-4/h5-13,26,29H,1-4H3/t21-/m1/s1. The number of benzene rings is 2. The lowest BCUT2D eigenvalue weighted by Gasteiger charge is -2.33. The zero-order chi connectivity index (χ0) is 22.3. The van der Waals surface area contributed by atoms with Crippen molar-refractivity contribution in [2.24, 2.45) is 0 Å². The van der Waals surface area contributed by atoms with Gasteiger partial charge in [0.1, 0.15) is 5.75 Å². The minimum atomic E-state index is -5.12. The van der Waals surface area contributed by atoms with Crippen LogP contribution in [0.1, 0.15) is 42.3 Å². The average Bonchev–Trinajstić information content (AvgIpc) is 3.06. The predicted molar refractivity (Wildman–Crippen MR) is 106 cm³/mol. The van der Waals surface area contributed by atoms with Crippen molar-refractivity contribution >= 4 is 11.6 Å². The fourth-order valence-corrected chi connectivity index (χ4v) is 3.10. The Morgan fingerprint density at radius 1 is 1.10 bits per heavy atom. The molecule has 1 amide bonds. The molecule has 3 rings (SSSR count). The van der Waals surface area contributed by atoms with Gasteiger partial charge in [0.05, 0.1) is 12.8 Å². The van der Waals surface area contributed by atoms with Gasteiger partial charge in [-0.05, 0) is 35.2 Å². The Bertz CT molecular complexity index is 978. The number of hydrogen-bond acceptors (Lipinski definition) is 4. The molecule has 2 N–H and O–H groups in total. The van der Waals surface area contributed by atoms with Gasteiger partial charge in [0.15, 0.2) is 0 Å². The lowest BCUT2D eigenvalue weighted by atomic mass is 9.86. The monoisotopic (exact) mass is 420 g/mol. The highest BCUT2D eigenvalue weighted by molar-refractivity contribution is 5.96. The number of carbonyl (C=O) groups is 1. The second-order valence-corrected chi connectivity index (χ2v) is 8.09. The minimum Gasteiger partial charge on any atom is -0.497 e. The summed E-state index contributed by atoms with van der Waals surface area (Å²) in [6, 6.07) is 12.5. The number of rotatable bonds is 3. The second kappa shape index (κ2) is 7.36. The number of ether oxygens (including phenoxy) is 1. The molecular weight excluding hydrogens is 397 g/mol. The highest BCUT2D eigenvalue weighted by atomic mass is 19.4. The number of halogens is 3. The molecule has 5 nitrogen and oxygen atoms in total. The van der Waals surface area contributed by atoms with E-state index in [0.29, 0.717) is 17.4 Å². The van der Waals surface area contributed by atoms with Gasteiger partial charge >= 0.3 is 6.18 Å². The van der Waals surface area contributed by atoms with Crippen molar-refractivity contribution in [3.8, 4) is 5.75 Å². The lowest BCUT2D eigenvalue weighted by molar-refractivity contribution is -0.283. The summed E-state index contributed by atoms with van der Waals surface area (Å²) in [6.07, 6.45) is -4.54. The summed E-state index contributed by atoms with van der Waals surface area (Å²) in [5.41, 5.74) is -0.0644. The van der Waals surface area contributed by atoms with Crippen molar-refractivity contribution < 1.29 is 27.8 Å². The largest absolute Gasteiger partial charge is 0.497 e. The quantitative estimate of drug-likeness (QED) is 0.780. The van der Waals surface area contributed by atoms with Crippen molar-refractivity contribution in [3.63, 3.8) is 0 Å². The summed E-state index contributed by atoms with van der Waals surface area (Å²) in [5.74, 6) is -0.585. The van der Waals surface area contributed by atoms with E-state index in [-0.39, 0.29) is 21.7 Å². The number of amides is 1. The summed E-state index contributed by atoms with van der Waals surface area (Å²) in [5, 5.41) is 10.7. The van der Waals surface area contributed by atoms with Gasteiger partial charge in [-0.3, -0.25) is 10.2 Å². The van der Waals surface area contributed by atoms with E-state index in [0.717, 1.165) is 5.56 Å². The summed E-state index contributed by atoms with van der Waals surface area (Å²) >= 11 is 0. The van der Waals surface area contributed by atoms with Crippen LogP contribution in [0.25, 0.3) is 5.70 Å². The van der Waals surface area contributed by atoms with Gasteiger partial charge in [0.25, 0.3) is 11.6 Å². The van der Waals surface area contributed by atoms with Crippen molar-refractivity contribution in [2.45, 2.75) is 38.1 Å². The molecule has 1 atom stereocenters. The van der Waals surface area contributed by atoms with Gasteiger partial charge in [0, 0.05) is 17.2 Å². The van der Waals surface area contributed by atoms with Crippen molar-refractivity contribution in [3.05, 3.63) is 71.3 Å². The highest BCUT2D eigenvalue weighted by Gasteiger charge is 2.61. The number of aliphatic hydroxyl groups is 1. The third kappa shape index (κ3) is 3.87. The molecule has 2 aromatic carbocycles. The van der Waals surface area contributed by atoms with Gasteiger partial charge in [-0.25, -0.2) is 5.01 Å². The number of carbonyl (C=O) groups excluding carboxylic acids is 1. The van der Waals surface area contributed by atoms with Crippen LogP contribution in [-0.2, 0) is 5.41 Å². The fourth-order valence-electron chi connectivity index (χ4n) is 3.10. The van der Waals surface area contributed by atoms with Crippen LogP contribution in [0, 0.1) is 0 Å². The molecule has 1 aliphatic heterocycles. The molecule has 0 saturated heterocycles. The second-order valence-electron chi connectivity index (χ2n) is 8.09. The first-order valence-electron chi connectivity index (χ1n) is 9.25. The molecule has 8 heteroatoms. The van der Waals surface area contributed by atoms with E-state index in [9.17, 15) is 23.1 Å². The van der Waals surface area contributed by atoms with Gasteiger partial charge < -0.3 is 9.84 Å². The fraction of sp³-hybridized carbons (Fsp3) is 0.318. The third-order valence-corrected chi connectivity index (χ3v) is 4.92. The van der Waals surface area contributed by atoms with E-state index in [1.807, 2.05) is 20.8 Å². The molecule has 0 radical (unpaired) electrons. The van der Waals surface area contributed by atoms with Gasteiger partial charge in [-0.15, -0.1) is 0 Å². The van der Waals surface area contributed by atoms with Gasteiger partial charge in [-0.1, -0.05) is 45.0 Å². The zero-order valence-corrected chi connectivity index (χ0v) is 17.0. The molecule has 2 aromatic rings. The van der Waals surface area contributed by atoms with Crippen LogP contribution in [-0.4, -0.2) is 35.0 Å². The topological polar surface area (TPSA) is 61.8 Å². The van der Waals surface area contributed by atoms with E-state index < -0.39 is 17.8 Å². The molecule has 0 aromatic heterocycles. The molecule has 160 valence electrons. The Labute approximate surface area is 172 Å². The van der Waals surface area contributed by atoms with Crippen molar-refractivity contribution in [1.82, 2.24) is 10.4 Å². The van der Waals surface area contributed by atoms with Crippen LogP contribution in [0.4, 0.5) is 13.2 Å².